The minimum absolute atomic E-state index is 0.225. The van der Waals surface area contributed by atoms with E-state index in [0.29, 0.717) is 5.92 Å². The molecule has 0 aromatic rings. The quantitative estimate of drug-likeness (QED) is 0.330. The van der Waals surface area contributed by atoms with Gasteiger partial charge in [-0.25, -0.2) is 0 Å². The van der Waals surface area contributed by atoms with Crippen LogP contribution in [0.15, 0.2) is 37.6 Å². The van der Waals surface area contributed by atoms with Crippen LogP contribution < -0.4 is 0 Å². The molecule has 0 aromatic carbocycles. The van der Waals surface area contributed by atoms with Crippen LogP contribution in [0, 0.1) is 11.3 Å². The van der Waals surface area contributed by atoms with Gasteiger partial charge < -0.3 is 4.55 Å². The maximum absolute atomic E-state index is 12.9. The molecule has 0 bridgehead atoms. The minimum Gasteiger partial charge on any atom is -0.611 e. The second-order valence-electron chi connectivity index (χ2n) is 8.55. The molecule has 0 N–H and O–H groups in total. The van der Waals surface area contributed by atoms with E-state index in [1.54, 1.807) is 11.8 Å². The number of rotatable bonds is 6. The van der Waals surface area contributed by atoms with Gasteiger partial charge in [0, 0.05) is 12.8 Å². The van der Waals surface area contributed by atoms with Gasteiger partial charge in [0.1, 0.15) is 14.0 Å². The Kier molecular flexibility index (Phi) is 7.67. The van der Waals surface area contributed by atoms with E-state index in [-0.39, 0.29) is 10.2 Å². The fourth-order valence-electron chi connectivity index (χ4n) is 4.47. The van der Waals surface area contributed by atoms with Crippen LogP contribution in [0.3, 0.4) is 0 Å². The van der Waals surface area contributed by atoms with E-state index in [0.717, 1.165) is 22.1 Å². The molecule has 2 atom stereocenters. The van der Waals surface area contributed by atoms with Gasteiger partial charge >= 0.3 is 0 Å². The molecule has 1 aliphatic carbocycles. The summed E-state index contributed by atoms with van der Waals surface area (Å²) in [7, 11) is 0. The van der Waals surface area contributed by atoms with Crippen LogP contribution >= 0.6 is 23.4 Å². The van der Waals surface area contributed by atoms with Crippen molar-refractivity contribution in [3.05, 3.63) is 37.6 Å². The number of thioether (sulfide) groups is 1. The molecule has 1 heterocycles. The van der Waals surface area contributed by atoms with Gasteiger partial charge in [0.2, 0.25) is 0 Å². The van der Waals surface area contributed by atoms with Crippen molar-refractivity contribution in [2.75, 3.05) is 0 Å². The number of hydrogen-bond acceptors (Lipinski definition) is 2. The largest absolute Gasteiger partial charge is 0.611 e. The van der Waals surface area contributed by atoms with Crippen molar-refractivity contribution in [3.63, 3.8) is 0 Å². The Bertz CT molecular complexity index is 642. The Labute approximate surface area is 172 Å². The molecule has 0 saturated heterocycles. The van der Waals surface area contributed by atoms with E-state index in [1.807, 2.05) is 6.92 Å². The predicted molar refractivity (Wildman–Crippen MR) is 119 cm³/mol. The third-order valence-electron chi connectivity index (χ3n) is 5.40. The first kappa shape index (κ1) is 22.2. The standard InChI is InChI=1S/C22H33ClOS2/c1-7-12-22(13-8-2)15-19-17(10-9-11-20(23)25-19)18(22)14-16(3)26(24)21(4,5)6/h9,14,18H,7-8,10,12-13,15H2,1-6H3/b16-14-/t18-,26?/m1/s1. The third-order valence-corrected chi connectivity index (χ3v) is 8.53. The molecule has 0 radical (unpaired) electrons. The Balaban J connectivity index is 2.48. The zero-order chi connectivity index (χ0) is 19.5. The van der Waals surface area contributed by atoms with Crippen LogP contribution in [-0.2, 0) is 11.2 Å². The first-order valence-electron chi connectivity index (χ1n) is 9.75. The molecule has 0 amide bonds. The molecule has 1 unspecified atom stereocenters. The second-order valence-corrected chi connectivity index (χ2v) is 12.7. The summed E-state index contributed by atoms with van der Waals surface area (Å²) < 4.78 is 13.5. The van der Waals surface area contributed by atoms with Gasteiger partial charge in [-0.2, -0.15) is 0 Å². The van der Waals surface area contributed by atoms with Gasteiger partial charge in [-0.1, -0.05) is 55.8 Å². The van der Waals surface area contributed by atoms with Crippen molar-refractivity contribution < 1.29 is 4.55 Å². The van der Waals surface area contributed by atoms with Crippen molar-refractivity contribution in [1.82, 2.24) is 0 Å². The highest BCUT2D eigenvalue weighted by Gasteiger charge is 2.46. The normalized spacial score (nSPS) is 24.4. The lowest BCUT2D eigenvalue weighted by molar-refractivity contribution is 0.200. The average molecular weight is 413 g/mol. The third kappa shape index (κ3) is 4.86. The van der Waals surface area contributed by atoms with Crippen molar-refractivity contribution in [3.8, 4) is 0 Å². The summed E-state index contributed by atoms with van der Waals surface area (Å²) >= 11 is 7.06. The predicted octanol–water partition coefficient (Wildman–Crippen LogP) is 7.67. The van der Waals surface area contributed by atoms with Gasteiger partial charge in [-0.15, -0.1) is 0 Å². The van der Waals surface area contributed by atoms with E-state index in [9.17, 15) is 4.55 Å². The van der Waals surface area contributed by atoms with Crippen molar-refractivity contribution in [2.24, 2.45) is 11.3 Å². The van der Waals surface area contributed by atoms with Gasteiger partial charge in [-0.05, 0) is 85.7 Å². The molecule has 1 aliphatic heterocycles. The number of hydrogen-bond donors (Lipinski definition) is 0. The second kappa shape index (κ2) is 8.97. The van der Waals surface area contributed by atoms with Crippen molar-refractivity contribution in [1.29, 1.82) is 0 Å². The minimum atomic E-state index is -0.968. The molecule has 0 aromatic heterocycles. The van der Waals surface area contributed by atoms with Crippen LogP contribution in [0.5, 0.6) is 0 Å². The van der Waals surface area contributed by atoms with Crippen LogP contribution in [-0.4, -0.2) is 9.30 Å². The fourth-order valence-corrected chi connectivity index (χ4v) is 7.11. The monoisotopic (exact) mass is 412 g/mol. The first-order chi connectivity index (χ1) is 12.1. The maximum Gasteiger partial charge on any atom is 0.123 e. The Morgan fingerprint density at radius 3 is 2.54 bits per heavy atom. The highest BCUT2D eigenvalue weighted by Crippen LogP contribution is 2.59. The Hall–Kier alpha value is -0.0500. The molecule has 26 heavy (non-hydrogen) atoms. The zero-order valence-electron chi connectivity index (χ0n) is 17.1. The maximum atomic E-state index is 12.9. The molecular weight excluding hydrogens is 380 g/mol. The first-order valence-corrected chi connectivity index (χ1v) is 12.1. The van der Waals surface area contributed by atoms with Crippen LogP contribution in [0.4, 0.5) is 0 Å². The molecule has 0 saturated carbocycles. The van der Waals surface area contributed by atoms with Crippen molar-refractivity contribution in [2.45, 2.75) is 84.8 Å². The van der Waals surface area contributed by atoms with Crippen LogP contribution in [0.2, 0.25) is 0 Å². The molecule has 0 spiro atoms. The smallest absolute Gasteiger partial charge is 0.123 e. The van der Waals surface area contributed by atoms with Crippen LogP contribution in [0.25, 0.3) is 0 Å². The summed E-state index contributed by atoms with van der Waals surface area (Å²) in [4.78, 5) is 2.44. The van der Waals surface area contributed by atoms with Crippen LogP contribution in [0.1, 0.15) is 80.1 Å². The van der Waals surface area contributed by atoms with E-state index in [4.69, 9.17) is 11.6 Å². The zero-order valence-corrected chi connectivity index (χ0v) is 19.5. The Morgan fingerprint density at radius 1 is 1.38 bits per heavy atom. The van der Waals surface area contributed by atoms with E-state index in [2.05, 4.69) is 52.5 Å². The van der Waals surface area contributed by atoms with Gasteiger partial charge in [0.25, 0.3) is 0 Å². The van der Waals surface area contributed by atoms with Gasteiger partial charge in [0.05, 0.1) is 0 Å². The molecule has 2 rings (SSSR count). The molecular formula is C22H33ClOS2. The molecule has 146 valence electrons. The molecule has 2 aliphatic rings. The summed E-state index contributed by atoms with van der Waals surface area (Å²) in [5, 5.41) is 0. The highest BCUT2D eigenvalue weighted by atomic mass is 35.5. The lowest BCUT2D eigenvalue weighted by Crippen LogP contribution is -2.31. The van der Waals surface area contributed by atoms with E-state index in [1.165, 1.54) is 36.2 Å². The van der Waals surface area contributed by atoms with Gasteiger partial charge in [-0.3, -0.25) is 0 Å². The van der Waals surface area contributed by atoms with Gasteiger partial charge in [0.15, 0.2) is 0 Å². The summed E-state index contributed by atoms with van der Waals surface area (Å²) in [6, 6.07) is 0. The van der Waals surface area contributed by atoms with E-state index < -0.39 is 11.2 Å². The highest BCUT2D eigenvalue weighted by molar-refractivity contribution is 8.08. The average Bonchev–Trinajstić information content (AvgIpc) is 2.68. The molecule has 1 nitrogen and oxygen atoms in total. The summed E-state index contributed by atoms with van der Waals surface area (Å²) in [5.74, 6) is 0.358. The summed E-state index contributed by atoms with van der Waals surface area (Å²) in [5.41, 5.74) is 4.90. The Morgan fingerprint density at radius 2 is 2.00 bits per heavy atom. The number of allylic oxidation sites excluding steroid dienone is 5. The molecule has 4 heteroatoms. The fraction of sp³-hybridized carbons (Fsp3) is 0.682. The number of halogens is 1. The summed E-state index contributed by atoms with van der Waals surface area (Å²) in [6.45, 7) is 12.8. The SMILES string of the molecule is CCCC1(CCC)CC2=C(CC=C=C(Cl)S2)[C@H]1/C=C(/C)[S+]([O-])C(C)(C)C. The molecule has 0 fully saturated rings. The topological polar surface area (TPSA) is 23.1 Å². The summed E-state index contributed by atoms with van der Waals surface area (Å²) in [6.07, 6.45) is 11.2. The lowest BCUT2D eigenvalue weighted by atomic mass is 9.68. The lowest BCUT2D eigenvalue weighted by Gasteiger charge is -2.36. The van der Waals surface area contributed by atoms with E-state index >= 15 is 0 Å². The van der Waals surface area contributed by atoms with Crippen molar-refractivity contribution >= 4 is 34.5 Å².